The third-order valence-electron chi connectivity index (χ3n) is 2.39. The first-order valence-electron chi connectivity index (χ1n) is 5.10. The molecule has 7 heteroatoms. The number of hydrogen-bond donors (Lipinski definition) is 2. The summed E-state index contributed by atoms with van der Waals surface area (Å²) >= 11 is 0. The van der Waals surface area contributed by atoms with E-state index in [1.54, 1.807) is 0 Å². The minimum Gasteiger partial charge on any atom is -0.481 e. The molecular weight excluding hydrogens is 234 g/mol. The van der Waals surface area contributed by atoms with Crippen molar-refractivity contribution in [1.82, 2.24) is 5.32 Å². The molecule has 1 aliphatic rings. The van der Waals surface area contributed by atoms with E-state index in [1.165, 1.54) is 0 Å². The van der Waals surface area contributed by atoms with Crippen molar-refractivity contribution in [1.29, 1.82) is 0 Å². The number of sulfone groups is 1. The summed E-state index contributed by atoms with van der Waals surface area (Å²) in [7, 11) is -3.04. The normalized spacial score (nSPS) is 23.6. The number of rotatable bonds is 4. The van der Waals surface area contributed by atoms with Crippen molar-refractivity contribution in [2.24, 2.45) is 0 Å². The Bertz CT molecular complexity index is 375. The highest BCUT2D eigenvalue weighted by atomic mass is 32.2. The van der Waals surface area contributed by atoms with Gasteiger partial charge in [0.2, 0.25) is 5.91 Å². The minimum atomic E-state index is -3.04. The maximum absolute atomic E-state index is 11.3. The van der Waals surface area contributed by atoms with Gasteiger partial charge in [-0.05, 0) is 12.8 Å². The van der Waals surface area contributed by atoms with Gasteiger partial charge in [0.15, 0.2) is 9.84 Å². The molecule has 1 amide bonds. The van der Waals surface area contributed by atoms with Crippen LogP contribution in [0.4, 0.5) is 0 Å². The van der Waals surface area contributed by atoms with Crippen LogP contribution < -0.4 is 5.32 Å². The predicted octanol–water partition coefficient (Wildman–Crippen LogP) is -0.455. The number of nitrogens with one attached hydrogen (secondary N) is 1. The molecular formula is C9H15NO5S. The van der Waals surface area contributed by atoms with Crippen LogP contribution in [-0.2, 0) is 19.4 Å². The summed E-state index contributed by atoms with van der Waals surface area (Å²) in [4.78, 5) is 21.5. The molecule has 2 N–H and O–H groups in total. The van der Waals surface area contributed by atoms with Crippen LogP contribution in [0.1, 0.15) is 25.7 Å². The number of amides is 1. The molecule has 1 fully saturated rings. The third kappa shape index (κ3) is 4.61. The molecule has 0 aromatic carbocycles. The molecule has 0 aliphatic carbocycles. The average molecular weight is 249 g/mol. The van der Waals surface area contributed by atoms with Crippen molar-refractivity contribution in [3.63, 3.8) is 0 Å². The fourth-order valence-corrected chi connectivity index (χ4v) is 3.29. The van der Waals surface area contributed by atoms with Crippen LogP contribution in [-0.4, -0.2) is 42.9 Å². The highest BCUT2D eigenvalue weighted by molar-refractivity contribution is 7.91. The van der Waals surface area contributed by atoms with Gasteiger partial charge in [-0.15, -0.1) is 0 Å². The first kappa shape index (κ1) is 13.0. The van der Waals surface area contributed by atoms with Gasteiger partial charge in [0.05, 0.1) is 17.9 Å². The lowest BCUT2D eigenvalue weighted by Crippen LogP contribution is -2.43. The lowest BCUT2D eigenvalue weighted by Gasteiger charge is -2.22. The molecule has 1 heterocycles. The first-order chi connectivity index (χ1) is 7.39. The number of carboxylic acid groups (broad SMARTS) is 1. The fraction of sp³-hybridized carbons (Fsp3) is 0.778. The van der Waals surface area contributed by atoms with Gasteiger partial charge < -0.3 is 10.4 Å². The van der Waals surface area contributed by atoms with E-state index in [4.69, 9.17) is 5.11 Å². The van der Waals surface area contributed by atoms with Crippen LogP contribution in [0.25, 0.3) is 0 Å². The molecule has 0 bridgehead atoms. The van der Waals surface area contributed by atoms with Crippen LogP contribution in [0.15, 0.2) is 0 Å². The first-order valence-corrected chi connectivity index (χ1v) is 6.93. The standard InChI is InChI=1S/C9H15NO5S/c11-8(3-4-9(12)13)10-7-2-1-5-16(14,15)6-7/h7H,1-6H2,(H,10,11)(H,12,13). The Morgan fingerprint density at radius 1 is 1.31 bits per heavy atom. The Morgan fingerprint density at radius 2 is 2.00 bits per heavy atom. The van der Waals surface area contributed by atoms with Gasteiger partial charge in [-0.1, -0.05) is 0 Å². The Hall–Kier alpha value is -1.11. The number of aliphatic carboxylic acids is 1. The van der Waals surface area contributed by atoms with Gasteiger partial charge in [-0.25, -0.2) is 8.42 Å². The molecule has 1 saturated heterocycles. The van der Waals surface area contributed by atoms with E-state index in [0.717, 1.165) is 0 Å². The van der Waals surface area contributed by atoms with Gasteiger partial charge in [-0.3, -0.25) is 9.59 Å². The molecule has 6 nitrogen and oxygen atoms in total. The lowest BCUT2D eigenvalue weighted by atomic mass is 10.2. The molecule has 1 rings (SSSR count). The lowest BCUT2D eigenvalue weighted by molar-refractivity contribution is -0.138. The molecule has 16 heavy (non-hydrogen) atoms. The molecule has 0 saturated carbocycles. The van der Waals surface area contributed by atoms with Crippen LogP contribution in [0, 0.1) is 0 Å². The second-order valence-corrected chi connectivity index (χ2v) is 6.14. The minimum absolute atomic E-state index is 0.0359. The summed E-state index contributed by atoms with van der Waals surface area (Å²) in [6, 6.07) is -0.361. The van der Waals surface area contributed by atoms with Crippen LogP contribution in [0.5, 0.6) is 0 Å². The maximum atomic E-state index is 11.3. The Morgan fingerprint density at radius 3 is 2.56 bits per heavy atom. The molecule has 0 spiro atoms. The zero-order chi connectivity index (χ0) is 12.2. The second-order valence-electron chi connectivity index (χ2n) is 3.91. The van der Waals surface area contributed by atoms with Crippen molar-refractivity contribution in [3.8, 4) is 0 Å². The third-order valence-corrected chi connectivity index (χ3v) is 4.22. The number of carbonyl (C=O) groups excluding carboxylic acids is 1. The highest BCUT2D eigenvalue weighted by Gasteiger charge is 2.25. The Labute approximate surface area is 93.9 Å². The van der Waals surface area contributed by atoms with Crippen molar-refractivity contribution >= 4 is 21.7 Å². The summed E-state index contributed by atoms with van der Waals surface area (Å²) in [6.45, 7) is 0. The summed E-state index contributed by atoms with van der Waals surface area (Å²) in [5.41, 5.74) is 0. The van der Waals surface area contributed by atoms with E-state index in [2.05, 4.69) is 5.32 Å². The fourth-order valence-electron chi connectivity index (χ4n) is 1.66. The molecule has 92 valence electrons. The largest absolute Gasteiger partial charge is 0.481 e. The quantitative estimate of drug-likeness (QED) is 0.702. The van der Waals surface area contributed by atoms with E-state index in [-0.39, 0.29) is 30.4 Å². The smallest absolute Gasteiger partial charge is 0.303 e. The monoisotopic (exact) mass is 249 g/mol. The summed E-state index contributed by atoms with van der Waals surface area (Å²) in [5.74, 6) is -1.30. The second kappa shape index (κ2) is 5.29. The van der Waals surface area contributed by atoms with Gasteiger partial charge in [0.25, 0.3) is 0 Å². The van der Waals surface area contributed by atoms with Crippen LogP contribution in [0.3, 0.4) is 0 Å². The number of carbonyl (C=O) groups is 2. The molecule has 1 unspecified atom stereocenters. The molecule has 0 aromatic rings. The van der Waals surface area contributed by atoms with Crippen molar-refractivity contribution in [2.45, 2.75) is 31.7 Å². The zero-order valence-electron chi connectivity index (χ0n) is 8.81. The van der Waals surface area contributed by atoms with Gasteiger partial charge in [-0.2, -0.15) is 0 Å². The van der Waals surface area contributed by atoms with Crippen molar-refractivity contribution in [3.05, 3.63) is 0 Å². The van der Waals surface area contributed by atoms with Gasteiger partial charge in [0, 0.05) is 12.5 Å². The maximum Gasteiger partial charge on any atom is 0.303 e. The Kier molecular flexibility index (Phi) is 4.28. The number of hydrogen-bond acceptors (Lipinski definition) is 4. The topological polar surface area (TPSA) is 101 Å². The van der Waals surface area contributed by atoms with E-state index < -0.39 is 21.7 Å². The van der Waals surface area contributed by atoms with Crippen molar-refractivity contribution in [2.75, 3.05) is 11.5 Å². The van der Waals surface area contributed by atoms with E-state index >= 15 is 0 Å². The summed E-state index contributed by atoms with van der Waals surface area (Å²) in [5, 5.41) is 10.9. The van der Waals surface area contributed by atoms with Gasteiger partial charge in [0.1, 0.15) is 0 Å². The SMILES string of the molecule is O=C(O)CCC(=O)NC1CCCS(=O)(=O)C1. The van der Waals surface area contributed by atoms with E-state index in [1.807, 2.05) is 0 Å². The van der Waals surface area contributed by atoms with E-state index in [0.29, 0.717) is 12.8 Å². The molecule has 0 radical (unpaired) electrons. The zero-order valence-corrected chi connectivity index (χ0v) is 9.62. The molecule has 0 aromatic heterocycles. The predicted molar refractivity (Wildman–Crippen MR) is 56.7 cm³/mol. The summed E-state index contributed by atoms with van der Waals surface area (Å²) in [6.07, 6.45) is 0.849. The molecule has 1 aliphatic heterocycles. The molecule has 1 atom stereocenters. The van der Waals surface area contributed by atoms with Crippen molar-refractivity contribution < 1.29 is 23.1 Å². The van der Waals surface area contributed by atoms with Gasteiger partial charge >= 0.3 is 5.97 Å². The van der Waals surface area contributed by atoms with Crippen LogP contribution in [0.2, 0.25) is 0 Å². The number of carboxylic acids is 1. The summed E-state index contributed by atoms with van der Waals surface area (Å²) < 4.78 is 22.5. The van der Waals surface area contributed by atoms with Crippen LogP contribution >= 0.6 is 0 Å². The highest BCUT2D eigenvalue weighted by Crippen LogP contribution is 2.12. The average Bonchev–Trinajstić information content (AvgIpc) is 2.13. The van der Waals surface area contributed by atoms with E-state index in [9.17, 15) is 18.0 Å². The Balaban J connectivity index is 2.36.